The third-order valence-corrected chi connectivity index (χ3v) is 3.14. The Kier molecular flexibility index (Phi) is 3.92. The molecule has 0 aromatic heterocycles. The molecule has 0 unspecified atom stereocenters. The van der Waals surface area contributed by atoms with Crippen molar-refractivity contribution in [1.82, 2.24) is 4.90 Å². The molecule has 1 aromatic carbocycles. The van der Waals surface area contributed by atoms with Gasteiger partial charge in [-0.05, 0) is 31.4 Å². The number of benzene rings is 1. The zero-order valence-electron chi connectivity index (χ0n) is 10.6. The standard InChI is InChI=1S/C13H19N3O2/c1-18-10-5-6-12(11(14)9-10)15-13(17)16-7-3-2-4-8-16/h5-6,9H,2-4,7-8,14H2,1H3,(H,15,17). The molecule has 2 amide bonds. The number of carbonyl (C=O) groups is 1. The number of piperidine rings is 1. The summed E-state index contributed by atoms with van der Waals surface area (Å²) >= 11 is 0. The van der Waals surface area contributed by atoms with Gasteiger partial charge in [0, 0.05) is 19.2 Å². The summed E-state index contributed by atoms with van der Waals surface area (Å²) in [5.74, 6) is 0.684. The van der Waals surface area contributed by atoms with E-state index in [1.165, 1.54) is 6.42 Å². The van der Waals surface area contributed by atoms with E-state index in [0.29, 0.717) is 17.1 Å². The van der Waals surface area contributed by atoms with Crippen LogP contribution in [0.25, 0.3) is 0 Å². The molecule has 2 rings (SSSR count). The predicted molar refractivity (Wildman–Crippen MR) is 71.8 cm³/mol. The Morgan fingerprint density at radius 3 is 2.67 bits per heavy atom. The Bertz CT molecular complexity index is 428. The van der Waals surface area contributed by atoms with Crippen LogP contribution in [0.1, 0.15) is 19.3 Å². The molecule has 98 valence electrons. The normalized spacial score (nSPS) is 15.3. The van der Waals surface area contributed by atoms with Crippen molar-refractivity contribution >= 4 is 17.4 Å². The second-order valence-corrected chi connectivity index (χ2v) is 4.43. The minimum absolute atomic E-state index is 0.0773. The van der Waals surface area contributed by atoms with Crippen LogP contribution in [-0.2, 0) is 0 Å². The molecule has 0 saturated carbocycles. The maximum absolute atomic E-state index is 12.0. The van der Waals surface area contributed by atoms with Crippen molar-refractivity contribution in [2.75, 3.05) is 31.2 Å². The van der Waals surface area contributed by atoms with Crippen LogP contribution in [0, 0.1) is 0 Å². The first-order valence-corrected chi connectivity index (χ1v) is 6.20. The van der Waals surface area contributed by atoms with Gasteiger partial charge in [0.25, 0.3) is 0 Å². The molecule has 0 spiro atoms. The number of anilines is 2. The highest BCUT2D eigenvalue weighted by molar-refractivity contribution is 5.92. The number of hydrogen-bond donors (Lipinski definition) is 2. The molecule has 1 aliphatic rings. The van der Waals surface area contributed by atoms with E-state index in [2.05, 4.69) is 5.32 Å². The third kappa shape index (κ3) is 2.85. The summed E-state index contributed by atoms with van der Waals surface area (Å²) in [4.78, 5) is 13.8. The number of nitrogens with two attached hydrogens (primary N) is 1. The van der Waals surface area contributed by atoms with E-state index in [0.717, 1.165) is 25.9 Å². The summed E-state index contributed by atoms with van der Waals surface area (Å²) in [5.41, 5.74) is 7.01. The number of nitrogens with one attached hydrogen (secondary N) is 1. The van der Waals surface area contributed by atoms with Crippen molar-refractivity contribution in [3.8, 4) is 5.75 Å². The van der Waals surface area contributed by atoms with Crippen LogP contribution < -0.4 is 15.8 Å². The number of amides is 2. The van der Waals surface area contributed by atoms with Crippen molar-refractivity contribution in [2.24, 2.45) is 0 Å². The average molecular weight is 249 g/mol. The lowest BCUT2D eigenvalue weighted by atomic mass is 10.1. The van der Waals surface area contributed by atoms with E-state index in [1.54, 1.807) is 25.3 Å². The number of likely N-dealkylation sites (tertiary alicyclic amines) is 1. The minimum atomic E-state index is -0.0773. The summed E-state index contributed by atoms with van der Waals surface area (Å²) < 4.78 is 5.07. The quantitative estimate of drug-likeness (QED) is 0.790. The molecule has 1 aliphatic heterocycles. The van der Waals surface area contributed by atoms with Gasteiger partial charge in [-0.25, -0.2) is 4.79 Å². The largest absolute Gasteiger partial charge is 0.497 e. The molecule has 1 aromatic rings. The number of nitrogen functional groups attached to an aromatic ring is 1. The van der Waals surface area contributed by atoms with Gasteiger partial charge in [0.15, 0.2) is 0 Å². The van der Waals surface area contributed by atoms with Gasteiger partial charge in [0.1, 0.15) is 5.75 Å². The maximum Gasteiger partial charge on any atom is 0.321 e. The van der Waals surface area contributed by atoms with E-state index in [-0.39, 0.29) is 6.03 Å². The molecule has 5 nitrogen and oxygen atoms in total. The van der Waals surface area contributed by atoms with Gasteiger partial charge in [-0.15, -0.1) is 0 Å². The summed E-state index contributed by atoms with van der Waals surface area (Å²) in [6, 6.07) is 5.16. The smallest absolute Gasteiger partial charge is 0.321 e. The minimum Gasteiger partial charge on any atom is -0.497 e. The Labute approximate surface area is 107 Å². The SMILES string of the molecule is COc1ccc(NC(=O)N2CCCCC2)c(N)c1. The number of rotatable bonds is 2. The number of ether oxygens (including phenoxy) is 1. The fourth-order valence-corrected chi connectivity index (χ4v) is 2.07. The lowest BCUT2D eigenvalue weighted by Crippen LogP contribution is -2.38. The Balaban J connectivity index is 2.02. The number of methoxy groups -OCH3 is 1. The summed E-state index contributed by atoms with van der Waals surface area (Å²) in [6.45, 7) is 1.64. The number of nitrogens with zero attached hydrogens (tertiary/aromatic N) is 1. The molecule has 1 fully saturated rings. The highest BCUT2D eigenvalue weighted by atomic mass is 16.5. The van der Waals surface area contributed by atoms with Crippen LogP contribution >= 0.6 is 0 Å². The van der Waals surface area contributed by atoms with Gasteiger partial charge in [0.2, 0.25) is 0 Å². The molecule has 5 heteroatoms. The van der Waals surface area contributed by atoms with Crippen LogP contribution in [0.3, 0.4) is 0 Å². The van der Waals surface area contributed by atoms with Gasteiger partial charge in [0.05, 0.1) is 18.5 Å². The molecule has 0 atom stereocenters. The first-order chi connectivity index (χ1) is 8.70. The molecule has 0 bridgehead atoms. The summed E-state index contributed by atoms with van der Waals surface area (Å²) in [5, 5.41) is 2.84. The maximum atomic E-state index is 12.0. The van der Waals surface area contributed by atoms with E-state index >= 15 is 0 Å². The van der Waals surface area contributed by atoms with Crippen LogP contribution in [-0.4, -0.2) is 31.1 Å². The molecular weight excluding hydrogens is 230 g/mol. The van der Waals surface area contributed by atoms with Gasteiger partial charge in [-0.2, -0.15) is 0 Å². The molecule has 1 saturated heterocycles. The summed E-state index contributed by atoms with van der Waals surface area (Å²) in [6.07, 6.45) is 3.35. The highest BCUT2D eigenvalue weighted by Gasteiger charge is 2.17. The van der Waals surface area contributed by atoms with Crippen molar-refractivity contribution in [2.45, 2.75) is 19.3 Å². The van der Waals surface area contributed by atoms with Crippen LogP contribution in [0.2, 0.25) is 0 Å². The second kappa shape index (κ2) is 5.62. The van der Waals surface area contributed by atoms with E-state index < -0.39 is 0 Å². The van der Waals surface area contributed by atoms with Gasteiger partial charge in [-0.3, -0.25) is 0 Å². The zero-order chi connectivity index (χ0) is 13.0. The molecule has 18 heavy (non-hydrogen) atoms. The Hall–Kier alpha value is -1.91. The Morgan fingerprint density at radius 1 is 1.33 bits per heavy atom. The average Bonchev–Trinajstić information content (AvgIpc) is 2.42. The first kappa shape index (κ1) is 12.5. The van der Waals surface area contributed by atoms with Crippen molar-refractivity contribution in [1.29, 1.82) is 0 Å². The van der Waals surface area contributed by atoms with Crippen LogP contribution in [0.15, 0.2) is 18.2 Å². The fourth-order valence-electron chi connectivity index (χ4n) is 2.07. The van der Waals surface area contributed by atoms with Crippen LogP contribution in [0.4, 0.5) is 16.2 Å². The number of hydrogen-bond acceptors (Lipinski definition) is 3. The second-order valence-electron chi connectivity index (χ2n) is 4.43. The molecule has 1 heterocycles. The molecule has 0 radical (unpaired) electrons. The van der Waals surface area contributed by atoms with Crippen molar-refractivity contribution < 1.29 is 9.53 Å². The van der Waals surface area contributed by atoms with E-state index in [9.17, 15) is 4.79 Å². The number of carbonyl (C=O) groups excluding carboxylic acids is 1. The van der Waals surface area contributed by atoms with Gasteiger partial charge >= 0.3 is 6.03 Å². The lowest BCUT2D eigenvalue weighted by molar-refractivity contribution is 0.200. The van der Waals surface area contributed by atoms with E-state index in [4.69, 9.17) is 10.5 Å². The van der Waals surface area contributed by atoms with Crippen molar-refractivity contribution in [3.05, 3.63) is 18.2 Å². The first-order valence-electron chi connectivity index (χ1n) is 6.20. The highest BCUT2D eigenvalue weighted by Crippen LogP contribution is 2.24. The molecule has 3 N–H and O–H groups in total. The Morgan fingerprint density at radius 2 is 2.06 bits per heavy atom. The zero-order valence-corrected chi connectivity index (χ0v) is 10.6. The lowest BCUT2D eigenvalue weighted by Gasteiger charge is -2.27. The third-order valence-electron chi connectivity index (χ3n) is 3.14. The van der Waals surface area contributed by atoms with Gasteiger partial charge < -0.3 is 20.7 Å². The fraction of sp³-hybridized carbons (Fsp3) is 0.462. The molecular formula is C13H19N3O2. The molecule has 0 aliphatic carbocycles. The van der Waals surface area contributed by atoms with Crippen molar-refractivity contribution in [3.63, 3.8) is 0 Å². The summed E-state index contributed by atoms with van der Waals surface area (Å²) in [7, 11) is 1.58. The monoisotopic (exact) mass is 249 g/mol. The predicted octanol–water partition coefficient (Wildman–Crippen LogP) is 2.30. The topological polar surface area (TPSA) is 67.6 Å². The van der Waals surface area contributed by atoms with Gasteiger partial charge in [-0.1, -0.05) is 0 Å². The van der Waals surface area contributed by atoms with E-state index in [1.807, 2.05) is 4.90 Å². The van der Waals surface area contributed by atoms with Crippen LogP contribution in [0.5, 0.6) is 5.75 Å². The number of urea groups is 1.